The molecule has 1 unspecified atom stereocenters. The third-order valence-electron chi connectivity index (χ3n) is 1.99. The van der Waals surface area contributed by atoms with Crippen LogP contribution in [0.2, 0.25) is 0 Å². The molecular weight excluding hydrogens is 194 g/mol. The van der Waals surface area contributed by atoms with E-state index in [1.54, 1.807) is 13.3 Å². The molecule has 0 saturated heterocycles. The highest BCUT2D eigenvalue weighted by atomic mass is 16.5. The van der Waals surface area contributed by atoms with E-state index in [0.29, 0.717) is 13.2 Å². The number of aliphatic hydroxyl groups is 1. The second-order valence-electron chi connectivity index (χ2n) is 3.31. The molecule has 15 heavy (non-hydrogen) atoms. The highest BCUT2D eigenvalue weighted by molar-refractivity contribution is 5.01. The summed E-state index contributed by atoms with van der Waals surface area (Å²) in [6, 6.07) is 1.80. The normalized spacial score (nSPS) is 12.7. The molecule has 1 rings (SSSR count). The van der Waals surface area contributed by atoms with Crippen LogP contribution in [0.1, 0.15) is 11.5 Å². The molecule has 5 nitrogen and oxygen atoms in total. The summed E-state index contributed by atoms with van der Waals surface area (Å²) in [7, 11) is 1.61. The molecule has 0 spiro atoms. The van der Waals surface area contributed by atoms with Gasteiger partial charge in [0.05, 0.1) is 24.9 Å². The summed E-state index contributed by atoms with van der Waals surface area (Å²) in [6.07, 6.45) is 1.73. The highest BCUT2D eigenvalue weighted by Gasteiger charge is 2.06. The van der Waals surface area contributed by atoms with Gasteiger partial charge < -0.3 is 15.2 Å². The van der Waals surface area contributed by atoms with Gasteiger partial charge in [-0.2, -0.15) is 0 Å². The fourth-order valence-electron chi connectivity index (χ4n) is 1.23. The van der Waals surface area contributed by atoms with Gasteiger partial charge in [0.1, 0.15) is 5.82 Å². The average Bonchev–Trinajstić information content (AvgIpc) is 2.24. The fourth-order valence-corrected chi connectivity index (χ4v) is 1.23. The molecule has 1 heterocycles. The number of aromatic nitrogens is 2. The number of aliphatic hydroxyl groups excluding tert-OH is 1. The summed E-state index contributed by atoms with van der Waals surface area (Å²) in [5, 5.41) is 12.2. The number of ether oxygens (including phenoxy) is 1. The van der Waals surface area contributed by atoms with Crippen molar-refractivity contribution in [3.8, 4) is 0 Å². The first-order valence-electron chi connectivity index (χ1n) is 4.88. The van der Waals surface area contributed by atoms with E-state index in [0.717, 1.165) is 11.5 Å². The van der Waals surface area contributed by atoms with Crippen LogP contribution in [0.15, 0.2) is 12.3 Å². The van der Waals surface area contributed by atoms with Crippen molar-refractivity contribution in [1.82, 2.24) is 15.3 Å². The van der Waals surface area contributed by atoms with Gasteiger partial charge in [0.2, 0.25) is 0 Å². The van der Waals surface area contributed by atoms with Gasteiger partial charge in [0.25, 0.3) is 0 Å². The van der Waals surface area contributed by atoms with Crippen molar-refractivity contribution in [2.75, 3.05) is 20.3 Å². The number of hydrogen-bond donors (Lipinski definition) is 2. The summed E-state index contributed by atoms with van der Waals surface area (Å²) < 4.78 is 4.95. The second-order valence-corrected chi connectivity index (χ2v) is 3.31. The van der Waals surface area contributed by atoms with E-state index >= 15 is 0 Å². The number of nitrogens with zero attached hydrogens (tertiary/aromatic N) is 2. The summed E-state index contributed by atoms with van der Waals surface area (Å²) in [5.41, 5.74) is 0.914. The first-order valence-corrected chi connectivity index (χ1v) is 4.88. The van der Waals surface area contributed by atoms with Crippen molar-refractivity contribution < 1.29 is 9.84 Å². The first kappa shape index (κ1) is 12.0. The number of aryl methyl sites for hydroxylation is 1. The Balaban J connectivity index is 2.41. The highest BCUT2D eigenvalue weighted by Crippen LogP contribution is 1.95. The third kappa shape index (κ3) is 4.33. The van der Waals surface area contributed by atoms with Crippen LogP contribution in [0.25, 0.3) is 0 Å². The van der Waals surface area contributed by atoms with E-state index in [-0.39, 0.29) is 12.6 Å². The van der Waals surface area contributed by atoms with E-state index in [1.807, 2.05) is 13.0 Å². The molecule has 1 aromatic heterocycles. The minimum absolute atomic E-state index is 0.0507. The van der Waals surface area contributed by atoms with Crippen molar-refractivity contribution in [3.63, 3.8) is 0 Å². The van der Waals surface area contributed by atoms with E-state index in [9.17, 15) is 0 Å². The lowest BCUT2D eigenvalue weighted by Crippen LogP contribution is -2.36. The van der Waals surface area contributed by atoms with Crippen LogP contribution in [-0.4, -0.2) is 41.4 Å². The molecule has 2 N–H and O–H groups in total. The molecule has 1 aromatic rings. The average molecular weight is 211 g/mol. The monoisotopic (exact) mass is 211 g/mol. The van der Waals surface area contributed by atoms with Crippen LogP contribution < -0.4 is 5.32 Å². The second kappa shape index (κ2) is 6.44. The summed E-state index contributed by atoms with van der Waals surface area (Å²) >= 11 is 0. The molecule has 0 fully saturated rings. The van der Waals surface area contributed by atoms with Crippen LogP contribution in [0.3, 0.4) is 0 Å². The van der Waals surface area contributed by atoms with E-state index in [1.165, 1.54) is 0 Å². The van der Waals surface area contributed by atoms with Crippen LogP contribution in [0.5, 0.6) is 0 Å². The van der Waals surface area contributed by atoms with Gasteiger partial charge in [-0.3, -0.25) is 0 Å². The van der Waals surface area contributed by atoms with Crippen LogP contribution >= 0.6 is 0 Å². The molecule has 1 atom stereocenters. The van der Waals surface area contributed by atoms with E-state index in [4.69, 9.17) is 9.84 Å². The van der Waals surface area contributed by atoms with Crippen LogP contribution in [0, 0.1) is 6.92 Å². The van der Waals surface area contributed by atoms with Crippen molar-refractivity contribution >= 4 is 0 Å². The van der Waals surface area contributed by atoms with Crippen molar-refractivity contribution in [3.05, 3.63) is 23.8 Å². The SMILES string of the molecule is COCC(CO)NCc1ccnc(C)n1. The van der Waals surface area contributed by atoms with Crippen LogP contribution in [-0.2, 0) is 11.3 Å². The minimum atomic E-state index is -0.0507. The van der Waals surface area contributed by atoms with Crippen molar-refractivity contribution in [1.29, 1.82) is 0 Å². The Morgan fingerprint density at radius 1 is 1.60 bits per heavy atom. The maximum atomic E-state index is 9.01. The van der Waals surface area contributed by atoms with E-state index < -0.39 is 0 Å². The standard InChI is InChI=1S/C10H17N3O2/c1-8-11-4-3-9(13-8)5-12-10(6-14)7-15-2/h3-4,10,12,14H,5-7H2,1-2H3. The fraction of sp³-hybridized carbons (Fsp3) is 0.600. The smallest absolute Gasteiger partial charge is 0.125 e. The number of methoxy groups -OCH3 is 1. The molecule has 0 radical (unpaired) electrons. The molecule has 84 valence electrons. The molecule has 0 aliphatic rings. The Morgan fingerprint density at radius 2 is 2.40 bits per heavy atom. The number of nitrogens with one attached hydrogen (secondary N) is 1. The third-order valence-corrected chi connectivity index (χ3v) is 1.99. The molecule has 0 bridgehead atoms. The van der Waals surface area contributed by atoms with Gasteiger partial charge in [-0.1, -0.05) is 0 Å². The number of rotatable bonds is 6. The van der Waals surface area contributed by atoms with Crippen molar-refractivity contribution in [2.45, 2.75) is 19.5 Å². The predicted molar refractivity (Wildman–Crippen MR) is 56.4 cm³/mol. The maximum Gasteiger partial charge on any atom is 0.125 e. The first-order chi connectivity index (χ1) is 7.26. The van der Waals surface area contributed by atoms with Gasteiger partial charge in [-0.25, -0.2) is 9.97 Å². The Kier molecular flexibility index (Phi) is 5.17. The van der Waals surface area contributed by atoms with Gasteiger partial charge in [0, 0.05) is 19.9 Å². The van der Waals surface area contributed by atoms with Gasteiger partial charge in [0.15, 0.2) is 0 Å². The zero-order chi connectivity index (χ0) is 11.1. The summed E-state index contributed by atoms with van der Waals surface area (Å²) in [5.74, 6) is 0.751. The molecule has 0 amide bonds. The Morgan fingerprint density at radius 3 is 3.00 bits per heavy atom. The van der Waals surface area contributed by atoms with E-state index in [2.05, 4.69) is 15.3 Å². The lowest BCUT2D eigenvalue weighted by molar-refractivity contribution is 0.128. The quantitative estimate of drug-likeness (QED) is 0.686. The lowest BCUT2D eigenvalue weighted by atomic mass is 10.3. The maximum absolute atomic E-state index is 9.01. The molecular formula is C10H17N3O2. The van der Waals surface area contributed by atoms with Gasteiger partial charge >= 0.3 is 0 Å². The summed E-state index contributed by atoms with van der Waals surface area (Å²) in [4.78, 5) is 8.25. The molecule has 0 saturated carbocycles. The molecule has 0 aliphatic heterocycles. The Hall–Kier alpha value is -1.04. The molecule has 0 aromatic carbocycles. The lowest BCUT2D eigenvalue weighted by Gasteiger charge is -2.14. The van der Waals surface area contributed by atoms with Gasteiger partial charge in [-0.15, -0.1) is 0 Å². The largest absolute Gasteiger partial charge is 0.395 e. The Labute approximate surface area is 89.5 Å². The van der Waals surface area contributed by atoms with Crippen molar-refractivity contribution in [2.24, 2.45) is 0 Å². The zero-order valence-corrected chi connectivity index (χ0v) is 9.10. The summed E-state index contributed by atoms with van der Waals surface area (Å²) in [6.45, 7) is 3.00. The molecule has 5 heteroatoms. The number of hydrogen-bond acceptors (Lipinski definition) is 5. The Bertz CT molecular complexity index is 294. The van der Waals surface area contributed by atoms with Gasteiger partial charge in [-0.05, 0) is 13.0 Å². The van der Waals surface area contributed by atoms with Crippen LogP contribution in [0.4, 0.5) is 0 Å². The minimum Gasteiger partial charge on any atom is -0.395 e. The predicted octanol–water partition coefficient (Wildman–Crippen LogP) is -0.118. The zero-order valence-electron chi connectivity index (χ0n) is 9.10. The molecule has 0 aliphatic carbocycles. The topological polar surface area (TPSA) is 67.3 Å².